The van der Waals surface area contributed by atoms with Gasteiger partial charge < -0.3 is 5.32 Å². The highest BCUT2D eigenvalue weighted by Crippen LogP contribution is 2.00. The highest BCUT2D eigenvalue weighted by atomic mass is 35.5. The molecule has 0 saturated heterocycles. The van der Waals surface area contributed by atoms with E-state index in [0.717, 1.165) is 6.54 Å². The highest BCUT2D eigenvalue weighted by molar-refractivity contribution is 7.98. The molecule has 0 saturated carbocycles. The van der Waals surface area contributed by atoms with Crippen LogP contribution in [-0.4, -0.2) is 25.1 Å². The van der Waals surface area contributed by atoms with Crippen LogP contribution in [-0.2, 0) is 0 Å². The summed E-state index contributed by atoms with van der Waals surface area (Å²) in [6, 6.07) is 0. The van der Waals surface area contributed by atoms with E-state index >= 15 is 0 Å². The molecule has 4 heteroatoms. The maximum atomic E-state index is 5.64. The van der Waals surface area contributed by atoms with E-state index in [1.54, 1.807) is 0 Å². The Morgan fingerprint density at radius 3 is 2.91 bits per heavy atom. The van der Waals surface area contributed by atoms with Crippen molar-refractivity contribution in [3.05, 3.63) is 10.6 Å². The second-order valence-electron chi connectivity index (χ2n) is 2.08. The summed E-state index contributed by atoms with van der Waals surface area (Å²) in [5.41, 5.74) is 1.39. The van der Waals surface area contributed by atoms with Crippen LogP contribution in [0, 0.1) is 0 Å². The summed E-state index contributed by atoms with van der Waals surface area (Å²) in [6.07, 6.45) is 3.28. The Morgan fingerprint density at radius 1 is 1.64 bits per heavy atom. The van der Waals surface area contributed by atoms with Gasteiger partial charge in [0, 0.05) is 17.1 Å². The van der Waals surface area contributed by atoms with Crippen LogP contribution in [0.25, 0.3) is 0 Å². The molecule has 0 aromatic rings. The van der Waals surface area contributed by atoms with E-state index in [9.17, 15) is 0 Å². The van der Waals surface area contributed by atoms with Crippen LogP contribution in [0.1, 0.15) is 6.42 Å². The van der Waals surface area contributed by atoms with Gasteiger partial charge in [-0.1, -0.05) is 23.2 Å². The summed E-state index contributed by atoms with van der Waals surface area (Å²) in [7, 11) is 0. The number of rotatable bonds is 6. The molecule has 0 bridgehead atoms. The molecule has 66 valence electrons. The molecule has 0 aromatic heterocycles. The molecular formula is C7H13Cl2NS. The molecule has 0 heterocycles. The fourth-order valence-corrected chi connectivity index (χ4v) is 1.19. The zero-order valence-corrected chi connectivity index (χ0v) is 8.90. The fraction of sp³-hybridized carbons (Fsp3) is 0.714. The van der Waals surface area contributed by atoms with Gasteiger partial charge in [-0.05, 0) is 25.0 Å². The zero-order chi connectivity index (χ0) is 8.53. The van der Waals surface area contributed by atoms with Crippen LogP contribution in [0.2, 0.25) is 0 Å². The predicted molar refractivity (Wildman–Crippen MR) is 55.7 cm³/mol. The number of nitrogens with one attached hydrogen (secondary N) is 1. The molecule has 0 unspecified atom stereocenters. The van der Waals surface area contributed by atoms with E-state index in [2.05, 4.69) is 11.6 Å². The smallest absolute Gasteiger partial charge is 0.0431 e. The molecule has 0 aliphatic rings. The molecule has 0 atom stereocenters. The SMILES string of the molecule is CSCCCNCC(Cl)=CCl. The second-order valence-corrected chi connectivity index (χ2v) is 3.77. The average Bonchev–Trinajstić information content (AvgIpc) is 2.04. The van der Waals surface area contributed by atoms with Gasteiger partial charge in [-0.2, -0.15) is 11.8 Å². The molecule has 0 aliphatic heterocycles. The molecule has 0 spiro atoms. The van der Waals surface area contributed by atoms with Gasteiger partial charge in [-0.3, -0.25) is 0 Å². The summed E-state index contributed by atoms with van der Waals surface area (Å²) in [6.45, 7) is 1.68. The van der Waals surface area contributed by atoms with Crippen molar-refractivity contribution in [2.24, 2.45) is 0 Å². The van der Waals surface area contributed by atoms with Crippen LogP contribution in [0.4, 0.5) is 0 Å². The van der Waals surface area contributed by atoms with Gasteiger partial charge in [0.25, 0.3) is 0 Å². The molecule has 0 aliphatic carbocycles. The third kappa shape index (κ3) is 8.54. The molecule has 1 N–H and O–H groups in total. The Balaban J connectivity index is 3.02. The van der Waals surface area contributed by atoms with E-state index in [1.807, 2.05) is 11.8 Å². The van der Waals surface area contributed by atoms with Gasteiger partial charge in [0.1, 0.15) is 0 Å². The van der Waals surface area contributed by atoms with Crippen LogP contribution in [0.15, 0.2) is 10.6 Å². The molecular weight excluding hydrogens is 201 g/mol. The Morgan fingerprint density at radius 2 is 2.36 bits per heavy atom. The zero-order valence-electron chi connectivity index (χ0n) is 6.57. The monoisotopic (exact) mass is 213 g/mol. The van der Waals surface area contributed by atoms with Crippen molar-refractivity contribution in [2.45, 2.75) is 6.42 Å². The first-order chi connectivity index (χ1) is 5.31. The Kier molecular flexibility index (Phi) is 9.22. The van der Waals surface area contributed by atoms with E-state index in [-0.39, 0.29) is 0 Å². The normalized spacial score (nSPS) is 12.1. The quantitative estimate of drug-likeness (QED) is 0.682. The lowest BCUT2D eigenvalue weighted by Gasteiger charge is -2.01. The van der Waals surface area contributed by atoms with E-state index in [0.29, 0.717) is 11.6 Å². The van der Waals surface area contributed by atoms with Gasteiger partial charge >= 0.3 is 0 Å². The standard InChI is InChI=1S/C7H13Cl2NS/c1-11-4-2-3-10-6-7(9)5-8/h5,10H,2-4,6H2,1H3. The lowest BCUT2D eigenvalue weighted by atomic mass is 10.4. The van der Waals surface area contributed by atoms with Gasteiger partial charge in [-0.15, -0.1) is 0 Å². The molecule has 1 nitrogen and oxygen atoms in total. The minimum Gasteiger partial charge on any atom is -0.312 e. The third-order valence-corrected chi connectivity index (χ3v) is 2.43. The molecule has 0 amide bonds. The topological polar surface area (TPSA) is 12.0 Å². The summed E-state index contributed by atoms with van der Waals surface area (Å²) < 4.78 is 0. The van der Waals surface area contributed by atoms with E-state index < -0.39 is 0 Å². The van der Waals surface area contributed by atoms with Gasteiger partial charge in [0.2, 0.25) is 0 Å². The molecule has 0 rings (SSSR count). The predicted octanol–water partition coefficient (Wildman–Crippen LogP) is 2.65. The van der Waals surface area contributed by atoms with Crippen LogP contribution >= 0.6 is 35.0 Å². The van der Waals surface area contributed by atoms with Crippen molar-refractivity contribution in [3.63, 3.8) is 0 Å². The van der Waals surface area contributed by atoms with Crippen molar-refractivity contribution in [3.8, 4) is 0 Å². The van der Waals surface area contributed by atoms with Crippen LogP contribution in [0.3, 0.4) is 0 Å². The first-order valence-electron chi connectivity index (χ1n) is 3.45. The summed E-state index contributed by atoms with van der Waals surface area (Å²) in [5, 5.41) is 3.84. The van der Waals surface area contributed by atoms with Crippen LogP contribution < -0.4 is 5.32 Å². The number of thioether (sulfide) groups is 1. The molecule has 0 aromatic carbocycles. The van der Waals surface area contributed by atoms with Gasteiger partial charge in [0.05, 0.1) is 0 Å². The third-order valence-electron chi connectivity index (χ3n) is 1.11. The number of hydrogen-bond donors (Lipinski definition) is 1. The summed E-state index contributed by atoms with van der Waals surface area (Å²) >= 11 is 12.8. The van der Waals surface area contributed by atoms with Crippen molar-refractivity contribution in [1.82, 2.24) is 5.32 Å². The Bertz CT molecular complexity index is 117. The highest BCUT2D eigenvalue weighted by Gasteiger charge is 1.90. The lowest BCUT2D eigenvalue weighted by Crippen LogP contribution is -2.17. The largest absolute Gasteiger partial charge is 0.312 e. The lowest BCUT2D eigenvalue weighted by molar-refractivity contribution is 0.730. The van der Waals surface area contributed by atoms with E-state index in [4.69, 9.17) is 23.2 Å². The maximum Gasteiger partial charge on any atom is 0.0431 e. The first-order valence-corrected chi connectivity index (χ1v) is 5.66. The van der Waals surface area contributed by atoms with Crippen LogP contribution in [0.5, 0.6) is 0 Å². The summed E-state index contributed by atoms with van der Waals surface area (Å²) in [4.78, 5) is 0. The maximum absolute atomic E-state index is 5.64. The Labute approximate surface area is 82.5 Å². The van der Waals surface area contributed by atoms with Crippen molar-refractivity contribution in [1.29, 1.82) is 0 Å². The average molecular weight is 214 g/mol. The number of hydrogen-bond acceptors (Lipinski definition) is 2. The molecule has 0 fully saturated rings. The molecule has 11 heavy (non-hydrogen) atoms. The van der Waals surface area contributed by atoms with Crippen molar-refractivity contribution in [2.75, 3.05) is 25.1 Å². The summed E-state index contributed by atoms with van der Waals surface area (Å²) in [5.74, 6) is 1.19. The number of halogens is 2. The van der Waals surface area contributed by atoms with E-state index in [1.165, 1.54) is 17.7 Å². The fourth-order valence-electron chi connectivity index (χ4n) is 0.588. The van der Waals surface area contributed by atoms with Crippen molar-refractivity contribution >= 4 is 35.0 Å². The van der Waals surface area contributed by atoms with Crippen molar-refractivity contribution < 1.29 is 0 Å². The Hall–Kier alpha value is 0.630. The molecule has 0 radical (unpaired) electrons. The second kappa shape index (κ2) is 8.72. The first kappa shape index (κ1) is 11.6. The minimum absolute atomic E-state index is 0.663. The minimum atomic E-state index is 0.663. The van der Waals surface area contributed by atoms with Gasteiger partial charge in [-0.25, -0.2) is 0 Å². The van der Waals surface area contributed by atoms with Gasteiger partial charge in [0.15, 0.2) is 0 Å².